The Morgan fingerprint density at radius 3 is 2.56 bits per heavy atom. The molecule has 162 valence electrons. The monoisotopic (exact) mass is 525 g/mol. The Balaban J connectivity index is 1.48. The highest BCUT2D eigenvalue weighted by molar-refractivity contribution is 9.10. The molecule has 0 aliphatic carbocycles. The first-order valence-corrected chi connectivity index (χ1v) is 12.2. The second-order valence-electron chi connectivity index (χ2n) is 7.26. The number of hydrogen-bond acceptors (Lipinski definition) is 3. The summed E-state index contributed by atoms with van der Waals surface area (Å²) in [6.07, 6.45) is 1.74. The lowest BCUT2D eigenvalue weighted by molar-refractivity contribution is -0.118. The third-order valence-electron chi connectivity index (χ3n) is 5.10. The molecular formula is C25H21BrClN3OS. The molecule has 7 heteroatoms. The molecule has 0 atom stereocenters. The van der Waals surface area contributed by atoms with Gasteiger partial charge in [-0.2, -0.15) is 5.10 Å². The number of aromatic nitrogens is 1. The van der Waals surface area contributed by atoms with Crippen LogP contribution >= 0.6 is 39.3 Å². The van der Waals surface area contributed by atoms with Crippen LogP contribution in [-0.2, 0) is 11.3 Å². The van der Waals surface area contributed by atoms with E-state index in [1.807, 2.05) is 36.4 Å². The van der Waals surface area contributed by atoms with Crippen molar-refractivity contribution < 1.29 is 4.79 Å². The molecule has 1 amide bonds. The molecule has 1 heterocycles. The van der Waals surface area contributed by atoms with Gasteiger partial charge in [0.05, 0.1) is 12.0 Å². The van der Waals surface area contributed by atoms with E-state index < -0.39 is 0 Å². The molecule has 0 unspecified atom stereocenters. The predicted octanol–water partition coefficient (Wildman–Crippen LogP) is 6.66. The summed E-state index contributed by atoms with van der Waals surface area (Å²) >= 11 is 10.8. The highest BCUT2D eigenvalue weighted by Crippen LogP contribution is 2.26. The van der Waals surface area contributed by atoms with Gasteiger partial charge in [0.25, 0.3) is 0 Å². The number of nitrogens with one attached hydrogen (secondary N) is 1. The molecule has 3 aromatic carbocycles. The second-order valence-corrected chi connectivity index (χ2v) is 9.67. The maximum Gasteiger partial charge on any atom is 0.250 e. The number of amides is 1. The van der Waals surface area contributed by atoms with Gasteiger partial charge < -0.3 is 4.57 Å². The fourth-order valence-corrected chi connectivity index (χ4v) is 4.56. The van der Waals surface area contributed by atoms with Gasteiger partial charge in [0, 0.05) is 43.1 Å². The van der Waals surface area contributed by atoms with Crippen molar-refractivity contribution in [2.24, 2.45) is 5.10 Å². The zero-order valence-electron chi connectivity index (χ0n) is 17.4. The SMILES string of the molecule is Cc1c(/C=N\NC(=O)CSc2ccc(Cl)cc2)c2ccccc2n1Cc1ccc(Br)cc1. The van der Waals surface area contributed by atoms with Crippen molar-refractivity contribution in [3.8, 4) is 0 Å². The molecule has 0 spiro atoms. The number of nitrogens with zero attached hydrogens (tertiary/aromatic N) is 2. The Morgan fingerprint density at radius 1 is 1.09 bits per heavy atom. The van der Waals surface area contributed by atoms with Gasteiger partial charge in [-0.1, -0.05) is 57.9 Å². The molecule has 4 nitrogen and oxygen atoms in total. The zero-order chi connectivity index (χ0) is 22.5. The van der Waals surface area contributed by atoms with Gasteiger partial charge in [0.2, 0.25) is 5.91 Å². The van der Waals surface area contributed by atoms with Gasteiger partial charge in [-0.3, -0.25) is 4.79 Å². The van der Waals surface area contributed by atoms with Crippen molar-refractivity contribution in [3.05, 3.63) is 99.1 Å². The quantitative estimate of drug-likeness (QED) is 0.166. The van der Waals surface area contributed by atoms with Crippen LogP contribution in [0.15, 0.2) is 87.3 Å². The van der Waals surface area contributed by atoms with E-state index in [0.717, 1.165) is 38.1 Å². The third-order valence-corrected chi connectivity index (χ3v) is 6.89. The highest BCUT2D eigenvalue weighted by atomic mass is 79.9. The average Bonchev–Trinajstić information content (AvgIpc) is 3.06. The molecule has 0 aliphatic heterocycles. The Kier molecular flexibility index (Phi) is 7.35. The van der Waals surface area contributed by atoms with Gasteiger partial charge in [-0.05, 0) is 55.0 Å². The van der Waals surface area contributed by atoms with Crippen LogP contribution < -0.4 is 5.43 Å². The molecule has 0 saturated heterocycles. The lowest BCUT2D eigenvalue weighted by atomic mass is 10.1. The van der Waals surface area contributed by atoms with E-state index in [1.54, 1.807) is 6.21 Å². The van der Waals surface area contributed by atoms with Crippen molar-refractivity contribution >= 4 is 62.3 Å². The van der Waals surface area contributed by atoms with E-state index in [4.69, 9.17) is 11.6 Å². The number of hydrogen-bond donors (Lipinski definition) is 1. The second kappa shape index (κ2) is 10.4. The lowest BCUT2D eigenvalue weighted by Crippen LogP contribution is -2.19. The topological polar surface area (TPSA) is 46.4 Å². The van der Waals surface area contributed by atoms with Crippen LogP contribution in [0.25, 0.3) is 10.9 Å². The highest BCUT2D eigenvalue weighted by Gasteiger charge is 2.13. The molecule has 0 bridgehead atoms. The smallest absolute Gasteiger partial charge is 0.250 e. The first-order valence-electron chi connectivity index (χ1n) is 10.0. The number of para-hydroxylation sites is 1. The first-order chi connectivity index (χ1) is 15.5. The minimum Gasteiger partial charge on any atom is -0.340 e. The molecule has 0 saturated carbocycles. The van der Waals surface area contributed by atoms with Crippen LogP contribution in [0.3, 0.4) is 0 Å². The van der Waals surface area contributed by atoms with Crippen LogP contribution in [0.2, 0.25) is 5.02 Å². The number of thioether (sulfide) groups is 1. The summed E-state index contributed by atoms with van der Waals surface area (Å²) < 4.78 is 3.34. The van der Waals surface area contributed by atoms with E-state index in [1.165, 1.54) is 17.3 Å². The van der Waals surface area contributed by atoms with E-state index in [9.17, 15) is 4.79 Å². The molecular weight excluding hydrogens is 506 g/mol. The van der Waals surface area contributed by atoms with Gasteiger partial charge >= 0.3 is 0 Å². The van der Waals surface area contributed by atoms with Crippen molar-refractivity contribution in [1.29, 1.82) is 0 Å². The van der Waals surface area contributed by atoms with Crippen molar-refractivity contribution in [2.45, 2.75) is 18.4 Å². The van der Waals surface area contributed by atoms with Gasteiger partial charge in [-0.25, -0.2) is 5.43 Å². The maximum absolute atomic E-state index is 12.2. The Hall–Kier alpha value is -2.54. The van der Waals surface area contributed by atoms with Crippen molar-refractivity contribution in [2.75, 3.05) is 5.75 Å². The summed E-state index contributed by atoms with van der Waals surface area (Å²) in [5, 5.41) is 6.02. The zero-order valence-corrected chi connectivity index (χ0v) is 20.5. The van der Waals surface area contributed by atoms with E-state index in [2.05, 4.69) is 74.3 Å². The summed E-state index contributed by atoms with van der Waals surface area (Å²) in [6.45, 7) is 2.84. The summed E-state index contributed by atoms with van der Waals surface area (Å²) in [5.74, 6) is 0.126. The summed E-state index contributed by atoms with van der Waals surface area (Å²) in [5.41, 5.74) is 7.10. The van der Waals surface area contributed by atoms with Crippen LogP contribution in [-0.4, -0.2) is 22.4 Å². The van der Waals surface area contributed by atoms with Gasteiger partial charge in [-0.15, -0.1) is 11.8 Å². The molecule has 32 heavy (non-hydrogen) atoms. The number of halogens is 2. The van der Waals surface area contributed by atoms with E-state index in [-0.39, 0.29) is 11.7 Å². The predicted molar refractivity (Wildman–Crippen MR) is 138 cm³/mol. The van der Waals surface area contributed by atoms with E-state index >= 15 is 0 Å². The number of carbonyl (C=O) groups excluding carboxylic acids is 1. The number of fused-ring (bicyclic) bond motifs is 1. The van der Waals surface area contributed by atoms with Gasteiger partial charge in [0.15, 0.2) is 0 Å². The Morgan fingerprint density at radius 2 is 1.81 bits per heavy atom. The van der Waals surface area contributed by atoms with Crippen molar-refractivity contribution in [1.82, 2.24) is 9.99 Å². The number of benzene rings is 3. The fraction of sp³-hybridized carbons (Fsp3) is 0.120. The standard InChI is InChI=1S/C25H21BrClN3OS/c1-17-23(14-28-29-25(31)16-32-21-12-10-20(27)11-13-21)22-4-2-3-5-24(22)30(17)15-18-6-8-19(26)9-7-18/h2-14H,15-16H2,1H3,(H,29,31)/b28-14-. The van der Waals surface area contributed by atoms with Crippen LogP contribution in [0.1, 0.15) is 16.8 Å². The molecule has 0 aliphatic rings. The maximum atomic E-state index is 12.2. The van der Waals surface area contributed by atoms with Crippen molar-refractivity contribution in [3.63, 3.8) is 0 Å². The number of carbonyl (C=O) groups is 1. The number of rotatable bonds is 7. The first kappa shape index (κ1) is 22.6. The van der Waals surface area contributed by atoms with Crippen LogP contribution in [0.4, 0.5) is 0 Å². The third kappa shape index (κ3) is 5.44. The fourth-order valence-electron chi connectivity index (χ4n) is 3.48. The van der Waals surface area contributed by atoms with Gasteiger partial charge in [0.1, 0.15) is 0 Å². The molecule has 4 rings (SSSR count). The molecule has 1 N–H and O–H groups in total. The largest absolute Gasteiger partial charge is 0.340 e. The Labute approximate surface area is 204 Å². The normalized spacial score (nSPS) is 11.3. The summed E-state index contributed by atoms with van der Waals surface area (Å²) in [7, 11) is 0. The lowest BCUT2D eigenvalue weighted by Gasteiger charge is -2.09. The summed E-state index contributed by atoms with van der Waals surface area (Å²) in [4.78, 5) is 13.2. The molecule has 0 radical (unpaired) electrons. The Bertz CT molecular complexity index is 1270. The van der Waals surface area contributed by atoms with E-state index in [0.29, 0.717) is 5.02 Å². The average molecular weight is 527 g/mol. The summed E-state index contributed by atoms with van der Waals surface area (Å²) in [6, 6.07) is 24.0. The number of hydrazone groups is 1. The minimum atomic E-state index is -0.155. The molecule has 1 aromatic heterocycles. The minimum absolute atomic E-state index is 0.155. The molecule has 0 fully saturated rings. The van der Waals surface area contributed by atoms with Crippen LogP contribution in [0, 0.1) is 6.92 Å². The molecule has 4 aromatic rings. The van der Waals surface area contributed by atoms with Crippen LogP contribution in [0.5, 0.6) is 0 Å².